The molecule has 0 amide bonds. The summed E-state index contributed by atoms with van der Waals surface area (Å²) in [4.78, 5) is 2.30. The third kappa shape index (κ3) is 4.14. The summed E-state index contributed by atoms with van der Waals surface area (Å²) in [6.07, 6.45) is 3.76. The molecule has 1 unspecified atom stereocenters. The zero-order valence-electron chi connectivity index (χ0n) is 12.4. The Balaban J connectivity index is 1.87. The minimum atomic E-state index is -3.33. The third-order valence-corrected chi connectivity index (χ3v) is 6.19. The van der Waals surface area contributed by atoms with E-state index >= 15 is 0 Å². The minimum absolute atomic E-state index is 0.0564. The van der Waals surface area contributed by atoms with Crippen molar-refractivity contribution in [3.8, 4) is 0 Å². The third-order valence-electron chi connectivity index (χ3n) is 4.52. The number of hydrogen-bond donors (Lipinski definition) is 2. The maximum absolute atomic E-state index is 12.4. The molecule has 0 aromatic heterocycles. The van der Waals surface area contributed by atoms with Crippen molar-refractivity contribution < 1.29 is 8.42 Å². The average Bonchev–Trinajstić information content (AvgIpc) is 2.47. The molecule has 0 bridgehead atoms. The lowest BCUT2D eigenvalue weighted by Crippen LogP contribution is -2.53. The fourth-order valence-electron chi connectivity index (χ4n) is 3.11. The molecular formula is C13H28N4O2S. The Kier molecular flexibility index (Phi) is 5.80. The van der Waals surface area contributed by atoms with Crippen LogP contribution in [0.15, 0.2) is 0 Å². The molecule has 0 spiro atoms. The van der Waals surface area contributed by atoms with Crippen LogP contribution in [0.25, 0.3) is 0 Å². The molecule has 0 saturated carbocycles. The van der Waals surface area contributed by atoms with Crippen LogP contribution >= 0.6 is 0 Å². The molecular weight excluding hydrogens is 276 g/mol. The van der Waals surface area contributed by atoms with Crippen LogP contribution in [0.3, 0.4) is 0 Å². The van der Waals surface area contributed by atoms with Crippen molar-refractivity contribution in [3.63, 3.8) is 0 Å². The molecule has 0 aromatic carbocycles. The van der Waals surface area contributed by atoms with Crippen molar-refractivity contribution in [3.05, 3.63) is 0 Å². The lowest BCUT2D eigenvalue weighted by molar-refractivity contribution is 0.207. The number of rotatable bonds is 5. The van der Waals surface area contributed by atoms with Crippen molar-refractivity contribution in [2.45, 2.75) is 38.6 Å². The van der Waals surface area contributed by atoms with Crippen molar-refractivity contribution in [2.24, 2.45) is 11.7 Å². The van der Waals surface area contributed by atoms with Gasteiger partial charge in [0.25, 0.3) is 10.2 Å². The Hall–Kier alpha value is -0.210. The van der Waals surface area contributed by atoms with Gasteiger partial charge in [-0.05, 0) is 51.2 Å². The predicted molar refractivity (Wildman–Crippen MR) is 80.5 cm³/mol. The number of hydrogen-bond acceptors (Lipinski definition) is 4. The van der Waals surface area contributed by atoms with Crippen LogP contribution in [0, 0.1) is 5.92 Å². The molecule has 2 heterocycles. The molecule has 6 nitrogen and oxygen atoms in total. The second-order valence-electron chi connectivity index (χ2n) is 5.93. The van der Waals surface area contributed by atoms with Gasteiger partial charge in [-0.15, -0.1) is 0 Å². The predicted octanol–water partition coefficient (Wildman–Crippen LogP) is -0.0242. The molecule has 2 aliphatic rings. The van der Waals surface area contributed by atoms with E-state index in [0.717, 1.165) is 45.3 Å². The lowest BCUT2D eigenvalue weighted by Gasteiger charge is -2.35. The van der Waals surface area contributed by atoms with E-state index in [1.807, 2.05) is 0 Å². The van der Waals surface area contributed by atoms with Gasteiger partial charge in [0.15, 0.2) is 0 Å². The number of piperidine rings is 2. The number of likely N-dealkylation sites (tertiary alicyclic amines) is 1. The molecule has 7 heteroatoms. The highest BCUT2D eigenvalue weighted by molar-refractivity contribution is 7.87. The van der Waals surface area contributed by atoms with Gasteiger partial charge >= 0.3 is 0 Å². The van der Waals surface area contributed by atoms with Crippen molar-refractivity contribution in [2.75, 3.05) is 39.3 Å². The summed E-state index contributed by atoms with van der Waals surface area (Å²) >= 11 is 0. The molecule has 2 rings (SSSR count). The summed E-state index contributed by atoms with van der Waals surface area (Å²) < 4.78 is 29.3. The van der Waals surface area contributed by atoms with E-state index in [4.69, 9.17) is 5.73 Å². The quantitative estimate of drug-likeness (QED) is 0.748. The molecule has 0 radical (unpaired) electrons. The zero-order valence-corrected chi connectivity index (χ0v) is 13.2. The number of nitrogens with zero attached hydrogens (tertiary/aromatic N) is 2. The topological polar surface area (TPSA) is 78.7 Å². The second-order valence-corrected chi connectivity index (χ2v) is 7.64. The normalized spacial score (nSPS) is 27.8. The highest BCUT2D eigenvalue weighted by Gasteiger charge is 2.30. The zero-order chi connectivity index (χ0) is 14.6. The Morgan fingerprint density at radius 3 is 2.50 bits per heavy atom. The Morgan fingerprint density at radius 2 is 1.90 bits per heavy atom. The van der Waals surface area contributed by atoms with Gasteiger partial charge < -0.3 is 10.6 Å². The molecule has 118 valence electrons. The fourth-order valence-corrected chi connectivity index (χ4v) is 4.56. The van der Waals surface area contributed by atoms with Gasteiger partial charge in [-0.3, -0.25) is 0 Å². The molecule has 0 aliphatic carbocycles. The average molecular weight is 304 g/mol. The summed E-state index contributed by atoms with van der Waals surface area (Å²) in [5.41, 5.74) is 5.65. The standard InChI is InChI=1S/C13H28N4O2S/c1-2-16-7-3-4-13(11-16)15-20(18,19)17-8-5-12(10-14)6-9-17/h12-13,15H,2-11,14H2,1H3. The van der Waals surface area contributed by atoms with Crippen LogP contribution in [-0.4, -0.2) is 62.9 Å². The van der Waals surface area contributed by atoms with Gasteiger partial charge in [0.05, 0.1) is 0 Å². The van der Waals surface area contributed by atoms with Crippen LogP contribution in [0.4, 0.5) is 0 Å². The van der Waals surface area contributed by atoms with Crippen LogP contribution in [0.2, 0.25) is 0 Å². The Morgan fingerprint density at radius 1 is 1.20 bits per heavy atom. The summed E-state index contributed by atoms with van der Waals surface area (Å²) in [6, 6.07) is 0.0564. The van der Waals surface area contributed by atoms with Gasteiger partial charge in [0.1, 0.15) is 0 Å². The van der Waals surface area contributed by atoms with E-state index in [2.05, 4.69) is 16.5 Å². The van der Waals surface area contributed by atoms with Crippen LogP contribution < -0.4 is 10.5 Å². The fraction of sp³-hybridized carbons (Fsp3) is 1.00. The maximum Gasteiger partial charge on any atom is 0.279 e. The molecule has 2 aliphatic heterocycles. The first kappa shape index (κ1) is 16.2. The van der Waals surface area contributed by atoms with Crippen molar-refractivity contribution in [1.29, 1.82) is 0 Å². The summed E-state index contributed by atoms with van der Waals surface area (Å²) in [5.74, 6) is 0.478. The van der Waals surface area contributed by atoms with E-state index in [1.165, 1.54) is 0 Å². The smallest absolute Gasteiger partial charge is 0.279 e. The minimum Gasteiger partial charge on any atom is -0.330 e. The van der Waals surface area contributed by atoms with Gasteiger partial charge in [-0.2, -0.15) is 17.4 Å². The summed E-state index contributed by atoms with van der Waals surface area (Å²) in [5, 5.41) is 0. The van der Waals surface area contributed by atoms with Gasteiger partial charge in [0, 0.05) is 25.7 Å². The monoisotopic (exact) mass is 304 g/mol. The molecule has 3 N–H and O–H groups in total. The van der Waals surface area contributed by atoms with Crippen LogP contribution in [0.1, 0.15) is 32.6 Å². The largest absolute Gasteiger partial charge is 0.330 e. The van der Waals surface area contributed by atoms with E-state index in [9.17, 15) is 8.42 Å². The molecule has 2 fully saturated rings. The second kappa shape index (κ2) is 7.17. The van der Waals surface area contributed by atoms with E-state index < -0.39 is 10.2 Å². The first-order valence-corrected chi connectivity index (χ1v) is 9.19. The van der Waals surface area contributed by atoms with Crippen LogP contribution in [0.5, 0.6) is 0 Å². The van der Waals surface area contributed by atoms with Gasteiger partial charge in [0.2, 0.25) is 0 Å². The molecule has 1 atom stereocenters. The van der Waals surface area contributed by atoms with E-state index in [1.54, 1.807) is 4.31 Å². The van der Waals surface area contributed by atoms with E-state index in [-0.39, 0.29) is 6.04 Å². The first-order valence-electron chi connectivity index (χ1n) is 7.75. The van der Waals surface area contributed by atoms with E-state index in [0.29, 0.717) is 25.6 Å². The number of likely N-dealkylation sites (N-methyl/N-ethyl adjacent to an activating group) is 1. The maximum atomic E-state index is 12.4. The molecule has 20 heavy (non-hydrogen) atoms. The highest BCUT2D eigenvalue weighted by Crippen LogP contribution is 2.19. The van der Waals surface area contributed by atoms with Gasteiger partial charge in [-0.25, -0.2) is 0 Å². The van der Waals surface area contributed by atoms with Crippen molar-refractivity contribution >= 4 is 10.2 Å². The lowest BCUT2D eigenvalue weighted by atomic mass is 9.99. The Labute approximate surface area is 122 Å². The first-order chi connectivity index (χ1) is 9.55. The number of nitrogens with one attached hydrogen (secondary N) is 1. The molecule has 0 aromatic rings. The highest BCUT2D eigenvalue weighted by atomic mass is 32.2. The van der Waals surface area contributed by atoms with Gasteiger partial charge in [-0.1, -0.05) is 6.92 Å². The number of nitrogens with two attached hydrogens (primary N) is 1. The van der Waals surface area contributed by atoms with Crippen LogP contribution in [-0.2, 0) is 10.2 Å². The summed E-state index contributed by atoms with van der Waals surface area (Å²) in [7, 11) is -3.33. The van der Waals surface area contributed by atoms with Crippen molar-refractivity contribution in [1.82, 2.24) is 13.9 Å². The SMILES string of the molecule is CCN1CCCC(NS(=O)(=O)N2CCC(CN)CC2)C1. The summed E-state index contributed by atoms with van der Waals surface area (Å²) in [6.45, 7) is 6.87. The molecule has 2 saturated heterocycles. The Bertz CT molecular complexity index is 393.